The van der Waals surface area contributed by atoms with Crippen molar-refractivity contribution in [3.05, 3.63) is 29.8 Å². The number of hydrogen-bond acceptors (Lipinski definition) is 6. The third-order valence-electron chi connectivity index (χ3n) is 3.69. The fourth-order valence-corrected chi connectivity index (χ4v) is 3.05. The fraction of sp³-hybridized carbons (Fsp3) is 0.650. The highest BCUT2D eigenvalue weighted by molar-refractivity contribution is 7.86. The molecule has 0 aromatic heterocycles. The summed E-state index contributed by atoms with van der Waals surface area (Å²) in [5, 5.41) is 0. The number of hydrogen-bond donors (Lipinski definition) is 0. The van der Waals surface area contributed by atoms with Crippen molar-refractivity contribution in [1.82, 2.24) is 0 Å². The lowest BCUT2D eigenvalue weighted by molar-refractivity contribution is -0.179. The molecule has 0 unspecified atom stereocenters. The van der Waals surface area contributed by atoms with Crippen LogP contribution in [0.15, 0.2) is 29.2 Å². The molecule has 0 fully saturated rings. The van der Waals surface area contributed by atoms with E-state index in [1.807, 2.05) is 27.7 Å². The molecule has 0 N–H and O–H groups in total. The van der Waals surface area contributed by atoms with Gasteiger partial charge in [-0.05, 0) is 72.9 Å². The Labute approximate surface area is 163 Å². The molecule has 1 aromatic carbocycles. The summed E-state index contributed by atoms with van der Waals surface area (Å²) in [6.07, 6.45) is 2.01. The summed E-state index contributed by atoms with van der Waals surface area (Å²) in [6, 6.07) is 6.55. The minimum atomic E-state index is -3.71. The number of carbonyl (C=O) groups is 1. The van der Waals surface area contributed by atoms with E-state index in [1.165, 1.54) is 12.1 Å². The third kappa shape index (κ3) is 8.86. The maximum atomic E-state index is 12.1. The maximum absolute atomic E-state index is 12.1. The lowest BCUT2D eigenvalue weighted by atomic mass is 10.1. The average Bonchev–Trinajstić information content (AvgIpc) is 2.52. The van der Waals surface area contributed by atoms with Crippen LogP contribution >= 0.6 is 0 Å². The smallest absolute Gasteiger partial charge is 0.338 e. The minimum Gasteiger partial charge on any atom is -0.458 e. The van der Waals surface area contributed by atoms with E-state index < -0.39 is 27.3 Å². The van der Waals surface area contributed by atoms with Gasteiger partial charge in [0.2, 0.25) is 0 Å². The highest BCUT2D eigenvalue weighted by Crippen LogP contribution is 2.18. The van der Waals surface area contributed by atoms with E-state index in [0.29, 0.717) is 19.4 Å². The van der Waals surface area contributed by atoms with E-state index in [1.54, 1.807) is 26.0 Å². The monoisotopic (exact) mass is 400 g/mol. The van der Waals surface area contributed by atoms with Gasteiger partial charge in [0, 0.05) is 6.61 Å². The zero-order chi connectivity index (χ0) is 20.7. The lowest BCUT2D eigenvalue weighted by Crippen LogP contribution is -2.41. The van der Waals surface area contributed by atoms with Crippen molar-refractivity contribution in [1.29, 1.82) is 0 Å². The van der Waals surface area contributed by atoms with Gasteiger partial charge in [-0.25, -0.2) is 4.79 Å². The molecular formula is C20H32O6S. The van der Waals surface area contributed by atoms with E-state index in [4.69, 9.17) is 13.7 Å². The third-order valence-corrected chi connectivity index (χ3v) is 5.02. The van der Waals surface area contributed by atoms with Crippen molar-refractivity contribution >= 4 is 16.1 Å². The summed E-state index contributed by atoms with van der Waals surface area (Å²) in [5.74, 6) is -0.400. The molecule has 0 saturated heterocycles. The first-order chi connectivity index (χ1) is 12.3. The zero-order valence-corrected chi connectivity index (χ0v) is 18.0. The van der Waals surface area contributed by atoms with Gasteiger partial charge >= 0.3 is 5.97 Å². The van der Waals surface area contributed by atoms with Crippen LogP contribution in [0.1, 0.15) is 59.4 Å². The molecule has 0 heterocycles. The van der Waals surface area contributed by atoms with Crippen LogP contribution in [0.5, 0.6) is 0 Å². The molecule has 0 bridgehead atoms. The van der Waals surface area contributed by atoms with E-state index in [2.05, 4.69) is 0 Å². The van der Waals surface area contributed by atoms with Crippen molar-refractivity contribution < 1.29 is 26.9 Å². The number of ether oxygens (including phenoxy) is 2. The molecule has 0 aliphatic carbocycles. The van der Waals surface area contributed by atoms with Crippen LogP contribution in [0.2, 0.25) is 0 Å². The molecule has 1 aromatic rings. The number of unbranched alkanes of at least 4 members (excludes halogenated alkanes) is 2. The second kappa shape index (κ2) is 9.66. The van der Waals surface area contributed by atoms with Gasteiger partial charge in [0.05, 0.1) is 11.5 Å². The summed E-state index contributed by atoms with van der Waals surface area (Å²) in [5.41, 5.74) is -0.584. The van der Waals surface area contributed by atoms with E-state index >= 15 is 0 Å². The molecule has 0 aliphatic rings. The second-order valence-corrected chi connectivity index (χ2v) is 9.63. The summed E-state index contributed by atoms with van der Waals surface area (Å²) >= 11 is 0. The van der Waals surface area contributed by atoms with Crippen LogP contribution < -0.4 is 0 Å². The molecule has 0 aliphatic heterocycles. The Kier molecular flexibility index (Phi) is 8.45. The highest BCUT2D eigenvalue weighted by Gasteiger charge is 2.33. The van der Waals surface area contributed by atoms with Gasteiger partial charge in [0.1, 0.15) is 5.60 Å². The highest BCUT2D eigenvalue weighted by atomic mass is 32.2. The normalized spacial score (nSPS) is 12.8. The van der Waals surface area contributed by atoms with E-state index in [9.17, 15) is 13.2 Å². The Morgan fingerprint density at radius 3 is 2.04 bits per heavy atom. The van der Waals surface area contributed by atoms with Crippen molar-refractivity contribution in [2.75, 3.05) is 13.2 Å². The Bertz CT molecular complexity index is 699. The number of aryl methyl sites for hydroxylation is 1. The molecular weight excluding hydrogens is 368 g/mol. The van der Waals surface area contributed by atoms with Crippen LogP contribution in [0.4, 0.5) is 0 Å². The molecule has 27 heavy (non-hydrogen) atoms. The van der Waals surface area contributed by atoms with Crippen LogP contribution in [0.25, 0.3) is 0 Å². The van der Waals surface area contributed by atoms with Crippen molar-refractivity contribution in [3.63, 3.8) is 0 Å². The quantitative estimate of drug-likeness (QED) is 0.335. The second-order valence-electron chi connectivity index (χ2n) is 8.01. The summed E-state index contributed by atoms with van der Waals surface area (Å²) in [6.45, 7) is 11.2. The SMILES string of the molecule is Cc1ccc(S(=O)(=O)OCCCCCOC(C)(C)C(=O)OC(C)(C)C)cc1. The molecule has 0 radical (unpaired) electrons. The first-order valence-corrected chi connectivity index (χ1v) is 10.6. The predicted molar refractivity (Wildman–Crippen MR) is 104 cm³/mol. The summed E-state index contributed by atoms with van der Waals surface area (Å²) in [7, 11) is -3.71. The predicted octanol–water partition coefficient (Wildman–Crippen LogP) is 4.01. The Morgan fingerprint density at radius 2 is 1.48 bits per heavy atom. The van der Waals surface area contributed by atoms with Crippen molar-refractivity contribution in [2.24, 2.45) is 0 Å². The molecule has 7 heteroatoms. The first-order valence-electron chi connectivity index (χ1n) is 9.17. The van der Waals surface area contributed by atoms with Gasteiger partial charge in [0.25, 0.3) is 10.1 Å². The largest absolute Gasteiger partial charge is 0.458 e. The average molecular weight is 401 g/mol. The number of carbonyl (C=O) groups excluding carboxylic acids is 1. The Hall–Kier alpha value is -1.44. The van der Waals surface area contributed by atoms with E-state index in [0.717, 1.165) is 12.0 Å². The van der Waals surface area contributed by atoms with Crippen LogP contribution in [-0.2, 0) is 28.6 Å². The van der Waals surface area contributed by atoms with Crippen molar-refractivity contribution in [2.45, 2.75) is 76.9 Å². The standard InChI is InChI=1S/C20H32O6S/c1-16-10-12-17(13-11-16)27(22,23)25-15-9-7-8-14-24-20(5,6)18(21)26-19(2,3)4/h10-13H,7-9,14-15H2,1-6H3. The molecule has 0 saturated carbocycles. The molecule has 0 atom stereocenters. The van der Waals surface area contributed by atoms with Crippen molar-refractivity contribution in [3.8, 4) is 0 Å². The van der Waals surface area contributed by atoms with Gasteiger partial charge in [0.15, 0.2) is 5.60 Å². The molecule has 0 spiro atoms. The fourth-order valence-electron chi connectivity index (χ4n) is 2.11. The van der Waals surface area contributed by atoms with E-state index in [-0.39, 0.29) is 11.5 Å². The molecule has 1 rings (SSSR count). The van der Waals surface area contributed by atoms with Gasteiger partial charge in [-0.15, -0.1) is 0 Å². The van der Waals surface area contributed by atoms with Gasteiger partial charge < -0.3 is 9.47 Å². The maximum Gasteiger partial charge on any atom is 0.338 e. The summed E-state index contributed by atoms with van der Waals surface area (Å²) < 4.78 is 40.1. The number of esters is 1. The van der Waals surface area contributed by atoms with Gasteiger partial charge in [-0.2, -0.15) is 8.42 Å². The Morgan fingerprint density at radius 1 is 0.926 bits per heavy atom. The van der Waals surface area contributed by atoms with Crippen LogP contribution in [-0.4, -0.2) is 38.8 Å². The topological polar surface area (TPSA) is 78.9 Å². The Balaban J connectivity index is 2.27. The molecule has 6 nitrogen and oxygen atoms in total. The van der Waals surface area contributed by atoms with Crippen LogP contribution in [0.3, 0.4) is 0 Å². The van der Waals surface area contributed by atoms with Gasteiger partial charge in [-0.3, -0.25) is 4.18 Å². The molecule has 0 amide bonds. The van der Waals surface area contributed by atoms with Crippen LogP contribution in [0, 0.1) is 6.92 Å². The molecule has 154 valence electrons. The number of benzene rings is 1. The summed E-state index contributed by atoms with van der Waals surface area (Å²) in [4.78, 5) is 12.2. The van der Waals surface area contributed by atoms with Gasteiger partial charge in [-0.1, -0.05) is 17.7 Å². The lowest BCUT2D eigenvalue weighted by Gasteiger charge is -2.28. The number of rotatable bonds is 10. The first kappa shape index (κ1) is 23.6. The zero-order valence-electron chi connectivity index (χ0n) is 17.2. The minimum absolute atomic E-state index is 0.117.